The van der Waals surface area contributed by atoms with Gasteiger partial charge in [0.25, 0.3) is 0 Å². The van der Waals surface area contributed by atoms with Gasteiger partial charge in [-0.1, -0.05) is 11.2 Å². The molecule has 2 fully saturated rings. The highest BCUT2D eigenvalue weighted by Crippen LogP contribution is 2.33. The highest BCUT2D eigenvalue weighted by molar-refractivity contribution is 5.79. The molecule has 3 aromatic rings. The molecule has 4 heterocycles. The lowest BCUT2D eigenvalue weighted by Crippen LogP contribution is -2.52. The Hall–Kier alpha value is -3.63. The van der Waals surface area contributed by atoms with E-state index in [9.17, 15) is 4.79 Å². The van der Waals surface area contributed by atoms with Gasteiger partial charge in [-0.2, -0.15) is 4.98 Å². The molecule has 0 bridgehead atoms. The van der Waals surface area contributed by atoms with E-state index >= 15 is 0 Å². The number of methoxy groups -OCH3 is 1. The summed E-state index contributed by atoms with van der Waals surface area (Å²) in [7, 11) is 1.64. The van der Waals surface area contributed by atoms with Crippen LogP contribution < -0.4 is 14.2 Å². The summed E-state index contributed by atoms with van der Waals surface area (Å²) < 4.78 is 21.7. The number of hydrogen-bond donors (Lipinski definition) is 0. The van der Waals surface area contributed by atoms with Gasteiger partial charge in [0.2, 0.25) is 24.4 Å². The number of carbonyl (C=O) groups is 1. The molecule has 2 aromatic carbocycles. The van der Waals surface area contributed by atoms with Crippen LogP contribution in [-0.4, -0.2) is 83.9 Å². The Kier molecular flexibility index (Phi) is 7.15. The molecule has 3 aliphatic heterocycles. The van der Waals surface area contributed by atoms with Crippen molar-refractivity contribution in [2.75, 3.05) is 53.2 Å². The number of ether oxygens (including phenoxy) is 3. The molecule has 200 valence electrons. The molecule has 2 saturated heterocycles. The smallest absolute Gasteiger partial charge is 0.241 e. The summed E-state index contributed by atoms with van der Waals surface area (Å²) in [5.41, 5.74) is 2.08. The Morgan fingerprint density at radius 2 is 1.79 bits per heavy atom. The van der Waals surface area contributed by atoms with Crippen molar-refractivity contribution in [3.63, 3.8) is 0 Å². The number of carbonyl (C=O) groups excluding carboxylic acids is 1. The number of aromatic nitrogens is 2. The van der Waals surface area contributed by atoms with E-state index in [0.717, 1.165) is 81.5 Å². The van der Waals surface area contributed by atoms with E-state index < -0.39 is 0 Å². The second kappa shape index (κ2) is 11.0. The zero-order valence-corrected chi connectivity index (χ0v) is 21.7. The SMILES string of the molecule is COc1ccc(-c2noc(CN3CCCC(C(=O)N4CCN(Cc5ccc6c(c5)OCO6)CC4)C3)n2)cc1. The average Bonchev–Trinajstić information content (AvgIpc) is 3.63. The number of nitrogens with zero attached hydrogens (tertiary/aromatic N) is 5. The van der Waals surface area contributed by atoms with E-state index in [-0.39, 0.29) is 18.6 Å². The van der Waals surface area contributed by atoms with Crippen LogP contribution in [0.5, 0.6) is 17.2 Å². The van der Waals surface area contributed by atoms with Crippen LogP contribution in [0.4, 0.5) is 0 Å². The molecule has 10 heteroatoms. The first-order chi connectivity index (χ1) is 18.6. The monoisotopic (exact) mass is 519 g/mol. The predicted octanol–water partition coefficient (Wildman–Crippen LogP) is 3.03. The fraction of sp³-hybridized carbons (Fsp3) is 0.464. The maximum atomic E-state index is 13.4. The molecule has 0 radical (unpaired) electrons. The van der Waals surface area contributed by atoms with Gasteiger partial charge < -0.3 is 23.6 Å². The Balaban J connectivity index is 0.991. The number of benzene rings is 2. The van der Waals surface area contributed by atoms with E-state index in [1.807, 2.05) is 35.2 Å². The van der Waals surface area contributed by atoms with Gasteiger partial charge in [-0.25, -0.2) is 0 Å². The number of fused-ring (bicyclic) bond motifs is 1. The van der Waals surface area contributed by atoms with Crippen molar-refractivity contribution in [3.05, 3.63) is 53.9 Å². The first kappa shape index (κ1) is 24.7. The molecule has 0 N–H and O–H groups in total. The first-order valence-electron chi connectivity index (χ1n) is 13.2. The maximum absolute atomic E-state index is 13.4. The van der Waals surface area contributed by atoms with Gasteiger partial charge in [0.1, 0.15) is 5.75 Å². The largest absolute Gasteiger partial charge is 0.497 e. The molecule has 1 atom stereocenters. The zero-order chi connectivity index (χ0) is 25.9. The third kappa shape index (κ3) is 5.46. The second-order valence-corrected chi connectivity index (χ2v) is 10.1. The number of piperidine rings is 1. The lowest BCUT2D eigenvalue weighted by Gasteiger charge is -2.38. The predicted molar refractivity (Wildman–Crippen MR) is 139 cm³/mol. The van der Waals surface area contributed by atoms with Gasteiger partial charge in [-0.15, -0.1) is 0 Å². The molecular formula is C28H33N5O5. The molecule has 0 saturated carbocycles. The number of likely N-dealkylation sites (tertiary alicyclic amines) is 1. The molecule has 1 unspecified atom stereocenters. The van der Waals surface area contributed by atoms with Crippen LogP contribution in [0.2, 0.25) is 0 Å². The molecule has 10 nitrogen and oxygen atoms in total. The summed E-state index contributed by atoms with van der Waals surface area (Å²) in [6.45, 7) is 6.58. The van der Waals surface area contributed by atoms with Gasteiger partial charge in [-0.05, 0) is 61.3 Å². The summed E-state index contributed by atoms with van der Waals surface area (Å²) in [5, 5.41) is 4.14. The van der Waals surface area contributed by atoms with Gasteiger partial charge in [0, 0.05) is 44.8 Å². The van der Waals surface area contributed by atoms with Crippen LogP contribution >= 0.6 is 0 Å². The molecule has 0 spiro atoms. The number of hydrogen-bond acceptors (Lipinski definition) is 9. The zero-order valence-electron chi connectivity index (χ0n) is 21.7. The van der Waals surface area contributed by atoms with Crippen LogP contribution in [0.15, 0.2) is 47.0 Å². The van der Waals surface area contributed by atoms with Crippen molar-refractivity contribution < 1.29 is 23.5 Å². The molecule has 1 aromatic heterocycles. The fourth-order valence-corrected chi connectivity index (χ4v) is 5.45. The normalized spacial score (nSPS) is 20.0. The lowest BCUT2D eigenvalue weighted by molar-refractivity contribution is -0.139. The third-order valence-corrected chi connectivity index (χ3v) is 7.56. The Labute approximate surface area is 222 Å². The highest BCUT2D eigenvalue weighted by atomic mass is 16.7. The second-order valence-electron chi connectivity index (χ2n) is 10.1. The van der Waals surface area contributed by atoms with Crippen LogP contribution in [-0.2, 0) is 17.9 Å². The topological polar surface area (TPSA) is 93.4 Å². The molecule has 38 heavy (non-hydrogen) atoms. The van der Waals surface area contributed by atoms with Crippen molar-refractivity contribution in [1.29, 1.82) is 0 Å². The van der Waals surface area contributed by atoms with Crippen molar-refractivity contribution >= 4 is 5.91 Å². The van der Waals surface area contributed by atoms with Crippen LogP contribution in [0, 0.1) is 5.92 Å². The minimum Gasteiger partial charge on any atom is -0.497 e. The molecule has 0 aliphatic carbocycles. The maximum Gasteiger partial charge on any atom is 0.241 e. The van der Waals surface area contributed by atoms with E-state index in [1.54, 1.807) is 7.11 Å². The number of piperazine rings is 1. The minimum atomic E-state index is 0.00754. The van der Waals surface area contributed by atoms with Crippen molar-refractivity contribution in [2.24, 2.45) is 5.92 Å². The van der Waals surface area contributed by atoms with Gasteiger partial charge in [0.05, 0.1) is 19.6 Å². The van der Waals surface area contributed by atoms with E-state index in [2.05, 4.69) is 32.1 Å². The summed E-state index contributed by atoms with van der Waals surface area (Å²) >= 11 is 0. The highest BCUT2D eigenvalue weighted by Gasteiger charge is 2.31. The summed E-state index contributed by atoms with van der Waals surface area (Å²) in [6, 6.07) is 13.7. The molecule has 3 aliphatic rings. The summed E-state index contributed by atoms with van der Waals surface area (Å²) in [4.78, 5) is 24.6. The lowest BCUT2D eigenvalue weighted by atomic mass is 9.96. The van der Waals surface area contributed by atoms with E-state index in [4.69, 9.17) is 18.7 Å². The molecule has 6 rings (SSSR count). The van der Waals surface area contributed by atoms with Crippen molar-refractivity contribution in [3.8, 4) is 28.6 Å². The molecule has 1 amide bonds. The Morgan fingerprint density at radius 3 is 2.61 bits per heavy atom. The van der Waals surface area contributed by atoms with E-state index in [0.29, 0.717) is 18.3 Å². The minimum absolute atomic E-state index is 0.00754. The summed E-state index contributed by atoms with van der Waals surface area (Å²) in [6.07, 6.45) is 1.91. The van der Waals surface area contributed by atoms with Crippen LogP contribution in [0.3, 0.4) is 0 Å². The Bertz CT molecular complexity index is 1250. The molecular weight excluding hydrogens is 486 g/mol. The fourth-order valence-electron chi connectivity index (χ4n) is 5.45. The van der Waals surface area contributed by atoms with Gasteiger partial charge in [-0.3, -0.25) is 14.6 Å². The van der Waals surface area contributed by atoms with E-state index in [1.165, 1.54) is 5.56 Å². The summed E-state index contributed by atoms with van der Waals surface area (Å²) in [5.74, 6) is 3.81. The van der Waals surface area contributed by atoms with Gasteiger partial charge >= 0.3 is 0 Å². The van der Waals surface area contributed by atoms with Crippen LogP contribution in [0.25, 0.3) is 11.4 Å². The third-order valence-electron chi connectivity index (χ3n) is 7.56. The number of amides is 1. The quantitative estimate of drug-likeness (QED) is 0.467. The number of rotatable bonds is 7. The average molecular weight is 520 g/mol. The Morgan fingerprint density at radius 1 is 0.974 bits per heavy atom. The first-order valence-corrected chi connectivity index (χ1v) is 13.2. The van der Waals surface area contributed by atoms with Crippen LogP contribution in [0.1, 0.15) is 24.3 Å². The van der Waals surface area contributed by atoms with Gasteiger partial charge in [0.15, 0.2) is 11.5 Å². The van der Waals surface area contributed by atoms with Crippen molar-refractivity contribution in [1.82, 2.24) is 24.8 Å². The standard InChI is InChI=1S/C28H33N5O5/c1-35-23-7-5-21(6-8-23)27-29-26(38-30-27)18-32-10-2-3-22(17-32)28(34)33-13-11-31(12-14-33)16-20-4-9-24-25(15-20)37-19-36-24/h4-9,15,22H,2-3,10-14,16-19H2,1H3. The van der Waals surface area contributed by atoms with Crippen molar-refractivity contribution in [2.45, 2.75) is 25.9 Å².